The summed E-state index contributed by atoms with van der Waals surface area (Å²) in [6.45, 7) is 3.67. The molecule has 0 saturated heterocycles. The van der Waals surface area contributed by atoms with Gasteiger partial charge in [0.15, 0.2) is 6.10 Å². The number of carbonyl (C=O) groups excluding carboxylic acids is 2. The summed E-state index contributed by atoms with van der Waals surface area (Å²) in [5.41, 5.74) is 5.39. The molecule has 9 nitrogen and oxygen atoms in total. The highest BCUT2D eigenvalue weighted by Crippen LogP contribution is 2.43. The van der Waals surface area contributed by atoms with Gasteiger partial charge in [-0.25, -0.2) is 4.57 Å². The molecular formula is C71H132NO8P. The summed E-state index contributed by atoms with van der Waals surface area (Å²) in [5, 5.41) is 0. The zero-order valence-electron chi connectivity index (χ0n) is 53.3. The normalized spacial score (nSPS) is 13.3. The van der Waals surface area contributed by atoms with Crippen LogP contribution in [0.1, 0.15) is 348 Å². The molecule has 0 heterocycles. The average Bonchev–Trinajstić information content (AvgIpc) is 3.46. The summed E-state index contributed by atoms with van der Waals surface area (Å²) in [5.74, 6) is -0.824. The van der Waals surface area contributed by atoms with Gasteiger partial charge in [-0.15, -0.1) is 0 Å². The number of ether oxygens (including phenoxy) is 2. The van der Waals surface area contributed by atoms with Crippen molar-refractivity contribution < 1.29 is 37.6 Å². The van der Waals surface area contributed by atoms with E-state index >= 15 is 0 Å². The molecular weight excluding hydrogens is 1030 g/mol. The van der Waals surface area contributed by atoms with E-state index in [1.807, 2.05) is 0 Å². The van der Waals surface area contributed by atoms with Crippen LogP contribution in [0.3, 0.4) is 0 Å². The molecule has 0 aromatic carbocycles. The van der Waals surface area contributed by atoms with E-state index in [4.69, 9.17) is 24.3 Å². The van der Waals surface area contributed by atoms with Gasteiger partial charge < -0.3 is 20.1 Å². The number of esters is 2. The number of phosphoric ester groups is 1. The Labute approximate surface area is 501 Å². The Balaban J connectivity index is 3.77. The second kappa shape index (κ2) is 66.8. The number of nitrogens with two attached hydrogens (primary N) is 1. The molecule has 3 N–H and O–H groups in total. The molecule has 0 saturated carbocycles. The van der Waals surface area contributed by atoms with Gasteiger partial charge >= 0.3 is 19.8 Å². The van der Waals surface area contributed by atoms with Crippen LogP contribution in [0.25, 0.3) is 0 Å². The van der Waals surface area contributed by atoms with Crippen LogP contribution >= 0.6 is 7.82 Å². The second-order valence-electron chi connectivity index (χ2n) is 23.4. The van der Waals surface area contributed by atoms with Crippen molar-refractivity contribution in [2.75, 3.05) is 26.4 Å². The van der Waals surface area contributed by atoms with Gasteiger partial charge in [-0.1, -0.05) is 319 Å². The summed E-state index contributed by atoms with van der Waals surface area (Å²) in [4.78, 5) is 35.3. The lowest BCUT2D eigenvalue weighted by Gasteiger charge is -2.19. The van der Waals surface area contributed by atoms with Crippen molar-refractivity contribution in [3.63, 3.8) is 0 Å². The molecule has 2 atom stereocenters. The standard InChI is InChI=1S/C71H132NO8P/c1-3-5-7-9-11-13-15-17-19-21-23-25-26-27-28-29-30-31-32-33-34-35-36-37-38-39-40-41-42-44-45-47-49-51-53-55-57-59-61-63-70(73)77-67-69(68-79-81(75,76)78-66-65-72)80-71(74)64-62-60-58-56-54-52-50-48-46-43-24-22-20-18-16-14-12-10-8-6-4-2/h6,8,12,14,18,20-21,23-24,43,69H,3-5,7,9-11,13,15-17,19,22,25-42,44-68,72H2,1-2H3,(H,75,76)/b8-6-,14-12-,20-18-,23-21-,43-24-. The molecule has 474 valence electrons. The van der Waals surface area contributed by atoms with Gasteiger partial charge in [0, 0.05) is 19.4 Å². The van der Waals surface area contributed by atoms with Crippen LogP contribution in [0.4, 0.5) is 0 Å². The molecule has 0 aliphatic rings. The van der Waals surface area contributed by atoms with E-state index in [1.165, 1.54) is 244 Å². The number of allylic oxidation sites excluding steroid dienone is 10. The van der Waals surface area contributed by atoms with E-state index in [9.17, 15) is 19.0 Å². The van der Waals surface area contributed by atoms with Gasteiger partial charge in [0.05, 0.1) is 13.2 Å². The summed E-state index contributed by atoms with van der Waals surface area (Å²) in [6, 6.07) is 0. The minimum Gasteiger partial charge on any atom is -0.462 e. The number of carbonyl (C=O) groups is 2. The molecule has 0 amide bonds. The van der Waals surface area contributed by atoms with Crippen LogP contribution in [0.5, 0.6) is 0 Å². The summed E-state index contributed by atoms with van der Waals surface area (Å²) in [6.07, 6.45) is 86.2. The van der Waals surface area contributed by atoms with Crippen LogP contribution in [0, 0.1) is 0 Å². The van der Waals surface area contributed by atoms with Crippen molar-refractivity contribution in [3.05, 3.63) is 60.8 Å². The van der Waals surface area contributed by atoms with Crippen LogP contribution in [-0.2, 0) is 32.7 Å². The molecule has 0 aliphatic carbocycles. The van der Waals surface area contributed by atoms with Gasteiger partial charge in [-0.3, -0.25) is 18.6 Å². The van der Waals surface area contributed by atoms with E-state index in [0.717, 1.165) is 70.6 Å². The van der Waals surface area contributed by atoms with Gasteiger partial charge in [0.2, 0.25) is 0 Å². The van der Waals surface area contributed by atoms with E-state index in [1.54, 1.807) is 0 Å². The summed E-state index contributed by atoms with van der Waals surface area (Å²) in [7, 11) is -4.39. The van der Waals surface area contributed by atoms with Gasteiger partial charge in [0.25, 0.3) is 0 Å². The van der Waals surface area contributed by atoms with Crippen LogP contribution in [0.15, 0.2) is 60.8 Å². The topological polar surface area (TPSA) is 134 Å². The number of phosphoric acid groups is 1. The number of hydrogen-bond acceptors (Lipinski definition) is 8. The second-order valence-corrected chi connectivity index (χ2v) is 24.8. The predicted molar refractivity (Wildman–Crippen MR) is 349 cm³/mol. The third-order valence-electron chi connectivity index (χ3n) is 15.4. The molecule has 0 aromatic rings. The van der Waals surface area contributed by atoms with Crippen molar-refractivity contribution in [1.29, 1.82) is 0 Å². The minimum atomic E-state index is -4.39. The van der Waals surface area contributed by atoms with E-state index in [-0.39, 0.29) is 38.6 Å². The molecule has 2 unspecified atom stereocenters. The van der Waals surface area contributed by atoms with Crippen LogP contribution in [-0.4, -0.2) is 49.3 Å². The van der Waals surface area contributed by atoms with E-state index < -0.39 is 26.5 Å². The number of unbranched alkanes of at least 4 members (excludes halogenated alkanes) is 43. The predicted octanol–water partition coefficient (Wildman–Crippen LogP) is 22.6. The molecule has 0 aromatic heterocycles. The molecule has 0 fully saturated rings. The van der Waals surface area contributed by atoms with Gasteiger partial charge in [-0.05, 0) is 77.0 Å². The van der Waals surface area contributed by atoms with E-state index in [2.05, 4.69) is 74.6 Å². The van der Waals surface area contributed by atoms with Crippen molar-refractivity contribution in [2.24, 2.45) is 5.73 Å². The molecule has 0 bridgehead atoms. The number of hydrogen-bond donors (Lipinski definition) is 2. The van der Waals surface area contributed by atoms with E-state index in [0.29, 0.717) is 6.42 Å². The van der Waals surface area contributed by atoms with Crippen molar-refractivity contribution in [2.45, 2.75) is 354 Å². The molecule has 0 aliphatic heterocycles. The number of rotatable bonds is 66. The van der Waals surface area contributed by atoms with Crippen molar-refractivity contribution in [3.8, 4) is 0 Å². The molecule has 0 spiro atoms. The maximum Gasteiger partial charge on any atom is 0.472 e. The fourth-order valence-corrected chi connectivity index (χ4v) is 11.0. The zero-order chi connectivity index (χ0) is 58.7. The highest BCUT2D eigenvalue weighted by molar-refractivity contribution is 7.47. The first-order valence-corrected chi connectivity index (χ1v) is 36.3. The monoisotopic (exact) mass is 1160 g/mol. The lowest BCUT2D eigenvalue weighted by atomic mass is 10.0. The first-order valence-electron chi connectivity index (χ1n) is 34.8. The average molecular weight is 1160 g/mol. The lowest BCUT2D eigenvalue weighted by Crippen LogP contribution is -2.29. The Morgan fingerprint density at radius 1 is 0.383 bits per heavy atom. The minimum absolute atomic E-state index is 0.0514. The largest absolute Gasteiger partial charge is 0.472 e. The highest BCUT2D eigenvalue weighted by Gasteiger charge is 2.26. The van der Waals surface area contributed by atoms with Crippen LogP contribution in [0.2, 0.25) is 0 Å². The molecule has 81 heavy (non-hydrogen) atoms. The first-order chi connectivity index (χ1) is 39.8. The van der Waals surface area contributed by atoms with Crippen LogP contribution < -0.4 is 5.73 Å². The fourth-order valence-electron chi connectivity index (χ4n) is 10.3. The Bertz CT molecular complexity index is 1510. The smallest absolute Gasteiger partial charge is 0.462 e. The Hall–Kier alpha value is -2.29. The third kappa shape index (κ3) is 66.7. The summed E-state index contributed by atoms with van der Waals surface area (Å²) < 4.78 is 33.1. The molecule has 0 radical (unpaired) electrons. The maximum absolute atomic E-state index is 12.7. The maximum atomic E-state index is 12.7. The van der Waals surface area contributed by atoms with Crippen molar-refractivity contribution >= 4 is 19.8 Å². The Morgan fingerprint density at radius 3 is 1.02 bits per heavy atom. The Kier molecular flexibility index (Phi) is 65.0. The van der Waals surface area contributed by atoms with Crippen molar-refractivity contribution in [1.82, 2.24) is 0 Å². The van der Waals surface area contributed by atoms with Gasteiger partial charge in [0.1, 0.15) is 6.61 Å². The SMILES string of the molecule is CC/C=C\C/C=C\C/C=C\C/C=C\CCCCCCCCCCC(=O)OC(COC(=O)CCCCCCCCCCCCCCCCCCCCCCCCCCCCC/C=C\CCCCCCCCCC)COP(=O)(O)OCCN. The lowest BCUT2D eigenvalue weighted by molar-refractivity contribution is -0.161. The summed E-state index contributed by atoms with van der Waals surface area (Å²) >= 11 is 0. The fraction of sp³-hybridized carbons (Fsp3) is 0.831. The first kappa shape index (κ1) is 78.7. The highest BCUT2D eigenvalue weighted by atomic mass is 31.2. The molecule has 0 rings (SSSR count). The zero-order valence-corrected chi connectivity index (χ0v) is 54.2. The third-order valence-corrected chi connectivity index (χ3v) is 16.4. The quantitative estimate of drug-likeness (QED) is 0.0264. The Morgan fingerprint density at radius 2 is 0.679 bits per heavy atom. The van der Waals surface area contributed by atoms with Gasteiger partial charge in [-0.2, -0.15) is 0 Å². The molecule has 10 heteroatoms.